The van der Waals surface area contributed by atoms with Crippen molar-refractivity contribution in [2.75, 3.05) is 6.61 Å². The molecule has 1 amide bonds. The minimum Gasteiger partial charge on any atom is -0.377 e. The molecule has 0 aromatic carbocycles. The molecule has 5 nitrogen and oxygen atoms in total. The lowest BCUT2D eigenvalue weighted by Crippen LogP contribution is -2.61. The number of nitrogens with zero attached hydrogens (tertiary/aromatic N) is 2. The third-order valence-corrected chi connectivity index (χ3v) is 5.16. The van der Waals surface area contributed by atoms with E-state index in [9.17, 15) is 4.79 Å². The topological polar surface area (TPSA) is 64.1 Å². The average molecular weight is 281 g/mol. The Morgan fingerprint density at radius 2 is 2.37 bits per heavy atom. The van der Waals surface area contributed by atoms with Gasteiger partial charge in [0.1, 0.15) is 4.88 Å². The van der Waals surface area contributed by atoms with Crippen molar-refractivity contribution in [3.05, 3.63) is 10.6 Å². The van der Waals surface area contributed by atoms with Crippen molar-refractivity contribution in [2.24, 2.45) is 11.8 Å². The number of rotatable bonds is 4. The normalized spacial score (nSPS) is 32.7. The molecule has 6 heteroatoms. The highest BCUT2D eigenvalue weighted by Gasteiger charge is 2.53. The number of nitrogens with one attached hydrogen (secondary N) is 1. The van der Waals surface area contributed by atoms with Crippen LogP contribution in [0.2, 0.25) is 0 Å². The summed E-state index contributed by atoms with van der Waals surface area (Å²) >= 11 is 1.19. The fourth-order valence-electron chi connectivity index (χ4n) is 3.36. The first-order chi connectivity index (χ1) is 9.26. The number of aromatic nitrogens is 2. The van der Waals surface area contributed by atoms with Gasteiger partial charge in [0.2, 0.25) is 0 Å². The largest absolute Gasteiger partial charge is 0.377 e. The predicted octanol–water partition coefficient (Wildman–Crippen LogP) is 1.64. The Kier molecular flexibility index (Phi) is 3.54. The zero-order valence-corrected chi connectivity index (χ0v) is 12.1. The lowest BCUT2D eigenvalue weighted by Gasteiger charge is -2.47. The summed E-state index contributed by atoms with van der Waals surface area (Å²) in [5.41, 5.74) is 0.800. The van der Waals surface area contributed by atoms with E-state index in [-0.39, 0.29) is 11.9 Å². The van der Waals surface area contributed by atoms with Crippen LogP contribution in [0.1, 0.15) is 42.1 Å². The zero-order chi connectivity index (χ0) is 13.4. The Morgan fingerprint density at radius 1 is 1.53 bits per heavy atom. The summed E-state index contributed by atoms with van der Waals surface area (Å²) < 4.78 is 9.61. The standard InChI is InChI=1S/C13H19N3O2S/c1-3-7-10(8-5-6-18-11(7)8)14-13(17)12-9(4-2)15-16-19-12/h7-8,10-11H,3-6H2,1-2H3,(H,14,17)/t7-,8+,10+,11-/m1/s1. The van der Waals surface area contributed by atoms with Gasteiger partial charge in [-0.2, -0.15) is 0 Å². The smallest absolute Gasteiger partial charge is 0.265 e. The number of hydrogen-bond acceptors (Lipinski definition) is 5. The van der Waals surface area contributed by atoms with Crippen molar-refractivity contribution in [3.63, 3.8) is 0 Å². The first-order valence-corrected chi connectivity index (χ1v) is 7.77. The van der Waals surface area contributed by atoms with Gasteiger partial charge in [-0.25, -0.2) is 0 Å². The molecule has 0 unspecified atom stereocenters. The third kappa shape index (κ3) is 2.07. The Morgan fingerprint density at radius 3 is 3.11 bits per heavy atom. The maximum absolute atomic E-state index is 12.3. The van der Waals surface area contributed by atoms with Gasteiger partial charge in [-0.05, 0) is 30.8 Å². The number of fused-ring (bicyclic) bond motifs is 1. The van der Waals surface area contributed by atoms with Gasteiger partial charge in [0.25, 0.3) is 5.91 Å². The molecule has 19 heavy (non-hydrogen) atoms. The van der Waals surface area contributed by atoms with Gasteiger partial charge in [0, 0.05) is 24.5 Å². The molecule has 2 aliphatic rings. The molecule has 1 aromatic rings. The molecule has 1 saturated carbocycles. The van der Waals surface area contributed by atoms with Crippen LogP contribution in [0.5, 0.6) is 0 Å². The SMILES string of the molecule is CCc1nnsc1C(=O)N[C@H]1[C@@H](CC)[C@H]2OCC[C@@H]12. The van der Waals surface area contributed by atoms with Gasteiger partial charge >= 0.3 is 0 Å². The first kappa shape index (κ1) is 13.0. The molecular formula is C13H19N3O2S. The van der Waals surface area contributed by atoms with E-state index in [1.807, 2.05) is 6.92 Å². The van der Waals surface area contributed by atoms with E-state index in [0.717, 1.165) is 31.6 Å². The Hall–Kier alpha value is -1.01. The number of carbonyl (C=O) groups excluding carboxylic acids is 1. The maximum atomic E-state index is 12.3. The molecule has 1 saturated heterocycles. The number of amides is 1. The molecule has 104 valence electrons. The van der Waals surface area contributed by atoms with Crippen LogP contribution in [0.3, 0.4) is 0 Å². The van der Waals surface area contributed by atoms with Crippen molar-refractivity contribution in [3.8, 4) is 0 Å². The molecular weight excluding hydrogens is 262 g/mol. The van der Waals surface area contributed by atoms with Crippen molar-refractivity contribution in [1.82, 2.24) is 14.9 Å². The van der Waals surface area contributed by atoms with Gasteiger partial charge in [-0.1, -0.05) is 18.3 Å². The molecule has 0 bridgehead atoms. The van der Waals surface area contributed by atoms with Crippen LogP contribution in [0.4, 0.5) is 0 Å². The van der Waals surface area contributed by atoms with E-state index in [2.05, 4.69) is 21.8 Å². The fourth-order valence-corrected chi connectivity index (χ4v) is 4.01. The Bertz CT molecular complexity index is 476. The molecule has 4 atom stereocenters. The highest BCUT2D eigenvalue weighted by Crippen LogP contribution is 2.45. The molecule has 1 aliphatic carbocycles. The van der Waals surface area contributed by atoms with Crippen LogP contribution < -0.4 is 5.32 Å². The maximum Gasteiger partial charge on any atom is 0.265 e. The molecule has 1 N–H and O–H groups in total. The molecule has 2 fully saturated rings. The van der Waals surface area contributed by atoms with Crippen molar-refractivity contribution in [2.45, 2.75) is 45.3 Å². The average Bonchev–Trinajstić information content (AvgIpc) is 3.03. The molecule has 0 radical (unpaired) electrons. The van der Waals surface area contributed by atoms with Crippen LogP contribution >= 0.6 is 11.5 Å². The van der Waals surface area contributed by atoms with Gasteiger partial charge in [0.15, 0.2) is 0 Å². The second-order valence-corrected chi connectivity index (χ2v) is 6.02. The molecule has 1 aromatic heterocycles. The van der Waals surface area contributed by atoms with E-state index < -0.39 is 0 Å². The molecule has 0 spiro atoms. The van der Waals surface area contributed by atoms with Crippen molar-refractivity contribution >= 4 is 17.4 Å². The second kappa shape index (κ2) is 5.17. The van der Waals surface area contributed by atoms with E-state index in [0.29, 0.717) is 22.8 Å². The number of ether oxygens (including phenoxy) is 1. The minimum absolute atomic E-state index is 0.0133. The first-order valence-electron chi connectivity index (χ1n) is 7.00. The lowest BCUT2D eigenvalue weighted by molar-refractivity contribution is -0.0545. The summed E-state index contributed by atoms with van der Waals surface area (Å²) in [6.45, 7) is 4.99. The van der Waals surface area contributed by atoms with Crippen molar-refractivity contribution in [1.29, 1.82) is 0 Å². The lowest BCUT2D eigenvalue weighted by atomic mass is 9.65. The number of aryl methyl sites for hydroxylation is 1. The summed E-state index contributed by atoms with van der Waals surface area (Å²) in [6, 6.07) is 0.261. The summed E-state index contributed by atoms with van der Waals surface area (Å²) in [6.07, 6.45) is 3.22. The van der Waals surface area contributed by atoms with Crippen LogP contribution in [0.15, 0.2) is 0 Å². The van der Waals surface area contributed by atoms with E-state index in [1.165, 1.54) is 11.5 Å². The summed E-state index contributed by atoms with van der Waals surface area (Å²) in [5.74, 6) is 0.947. The van der Waals surface area contributed by atoms with Crippen LogP contribution in [-0.4, -0.2) is 34.2 Å². The van der Waals surface area contributed by atoms with E-state index in [1.54, 1.807) is 0 Å². The van der Waals surface area contributed by atoms with Gasteiger partial charge < -0.3 is 10.1 Å². The molecule has 3 rings (SSSR count). The molecule has 2 heterocycles. The third-order valence-electron chi connectivity index (χ3n) is 4.39. The highest BCUT2D eigenvalue weighted by atomic mass is 32.1. The zero-order valence-electron chi connectivity index (χ0n) is 11.3. The highest BCUT2D eigenvalue weighted by molar-refractivity contribution is 7.08. The monoisotopic (exact) mass is 281 g/mol. The van der Waals surface area contributed by atoms with Gasteiger partial charge in [-0.3, -0.25) is 4.79 Å². The van der Waals surface area contributed by atoms with Crippen LogP contribution in [-0.2, 0) is 11.2 Å². The van der Waals surface area contributed by atoms with E-state index in [4.69, 9.17) is 4.74 Å². The minimum atomic E-state index is -0.0133. The number of carbonyl (C=O) groups is 1. The quantitative estimate of drug-likeness (QED) is 0.911. The van der Waals surface area contributed by atoms with Gasteiger partial charge in [-0.15, -0.1) is 5.10 Å². The second-order valence-electron chi connectivity index (χ2n) is 5.26. The number of hydrogen-bond donors (Lipinski definition) is 1. The summed E-state index contributed by atoms with van der Waals surface area (Å²) in [7, 11) is 0. The Balaban J connectivity index is 1.69. The summed E-state index contributed by atoms with van der Waals surface area (Å²) in [5, 5.41) is 7.17. The van der Waals surface area contributed by atoms with Crippen molar-refractivity contribution < 1.29 is 9.53 Å². The summed E-state index contributed by atoms with van der Waals surface area (Å²) in [4.78, 5) is 13.0. The molecule has 1 aliphatic heterocycles. The Labute approximate surface area is 116 Å². The predicted molar refractivity (Wildman–Crippen MR) is 72.2 cm³/mol. The van der Waals surface area contributed by atoms with E-state index >= 15 is 0 Å². The van der Waals surface area contributed by atoms with Crippen LogP contribution in [0.25, 0.3) is 0 Å². The van der Waals surface area contributed by atoms with Gasteiger partial charge in [0.05, 0.1) is 11.8 Å². The van der Waals surface area contributed by atoms with Crippen LogP contribution in [0, 0.1) is 11.8 Å². The fraction of sp³-hybridized carbons (Fsp3) is 0.769.